The average Bonchev–Trinajstić information content (AvgIpc) is 3.32. The number of anilines is 2. The Labute approximate surface area is 264 Å². The fourth-order valence-electron chi connectivity index (χ4n) is 5.77. The predicted octanol–water partition coefficient (Wildman–Crippen LogP) is 6.73. The van der Waals surface area contributed by atoms with Crippen molar-refractivity contribution >= 4 is 45.2 Å². The maximum absolute atomic E-state index is 15.4. The van der Waals surface area contributed by atoms with Gasteiger partial charge in [0.05, 0.1) is 51.1 Å². The molecule has 44 heavy (non-hydrogen) atoms. The van der Waals surface area contributed by atoms with Gasteiger partial charge in [-0.1, -0.05) is 24.0 Å². The highest BCUT2D eigenvalue weighted by atomic mass is 32.1. The number of ether oxygens (including phenoxy) is 2. The van der Waals surface area contributed by atoms with E-state index in [2.05, 4.69) is 27.4 Å². The SMILES string of the molecule is [2H]C([2H])([2H])Oc1cc(P(C)(C)=O)ccc1NCC#Cc1sc2c(N[C@H]3CCN(C4CCOCC4)C[C@H]3F)cccc2c1CC(F)(F)F. The summed E-state index contributed by atoms with van der Waals surface area (Å²) in [6.45, 7) is 5.45. The van der Waals surface area contributed by atoms with Crippen molar-refractivity contribution in [1.29, 1.82) is 0 Å². The molecule has 0 bridgehead atoms. The highest BCUT2D eigenvalue weighted by Crippen LogP contribution is 2.40. The van der Waals surface area contributed by atoms with Gasteiger partial charge in [0.2, 0.25) is 0 Å². The topological polar surface area (TPSA) is 62.8 Å². The van der Waals surface area contributed by atoms with Crippen LogP contribution in [0.15, 0.2) is 36.4 Å². The van der Waals surface area contributed by atoms with E-state index in [1.54, 1.807) is 37.6 Å². The number of hydrogen-bond donors (Lipinski definition) is 2. The van der Waals surface area contributed by atoms with E-state index in [-0.39, 0.29) is 28.4 Å². The van der Waals surface area contributed by atoms with E-state index < -0.39 is 39.0 Å². The fraction of sp³-hybridized carbons (Fsp3) is 0.500. The quantitative estimate of drug-likeness (QED) is 0.160. The largest absolute Gasteiger partial charge is 0.495 e. The molecule has 3 heterocycles. The molecule has 0 unspecified atom stereocenters. The van der Waals surface area contributed by atoms with Gasteiger partial charge >= 0.3 is 6.18 Å². The Morgan fingerprint density at radius 3 is 2.68 bits per heavy atom. The van der Waals surface area contributed by atoms with Crippen LogP contribution in [0.25, 0.3) is 10.1 Å². The Morgan fingerprint density at radius 1 is 1.18 bits per heavy atom. The number of thiophene rings is 1. The van der Waals surface area contributed by atoms with E-state index in [1.165, 1.54) is 12.1 Å². The second kappa shape index (κ2) is 13.7. The molecular formula is C32H38F4N3O3PS. The number of nitrogens with one attached hydrogen (secondary N) is 2. The maximum atomic E-state index is 15.4. The first kappa shape index (κ1) is 28.7. The zero-order valence-electron chi connectivity index (χ0n) is 27.6. The van der Waals surface area contributed by atoms with Gasteiger partial charge in [-0.2, -0.15) is 13.2 Å². The third-order valence-corrected chi connectivity index (χ3v) is 10.8. The van der Waals surface area contributed by atoms with Crippen LogP contribution in [0.4, 0.5) is 28.9 Å². The lowest BCUT2D eigenvalue weighted by molar-refractivity contribution is -0.126. The molecule has 5 rings (SSSR count). The van der Waals surface area contributed by atoms with E-state index in [9.17, 15) is 17.7 Å². The van der Waals surface area contributed by atoms with Crippen LogP contribution in [-0.4, -0.2) is 82.5 Å². The molecule has 1 aromatic heterocycles. The van der Waals surface area contributed by atoms with Crippen LogP contribution in [0.3, 0.4) is 0 Å². The zero-order chi connectivity index (χ0) is 34.0. The van der Waals surface area contributed by atoms with Crippen LogP contribution in [0.2, 0.25) is 0 Å². The minimum Gasteiger partial charge on any atom is -0.495 e. The number of benzene rings is 2. The summed E-state index contributed by atoms with van der Waals surface area (Å²) in [5.74, 6) is 5.69. The highest BCUT2D eigenvalue weighted by molar-refractivity contribution is 7.70. The van der Waals surface area contributed by atoms with E-state index >= 15 is 4.39 Å². The van der Waals surface area contributed by atoms with Crippen LogP contribution >= 0.6 is 18.5 Å². The van der Waals surface area contributed by atoms with Gasteiger partial charge in [-0.05, 0) is 67.8 Å². The van der Waals surface area contributed by atoms with Gasteiger partial charge in [-0.25, -0.2) is 4.39 Å². The lowest BCUT2D eigenvalue weighted by atomic mass is 9.98. The number of rotatable bonds is 8. The first-order chi connectivity index (χ1) is 22.1. The third-order valence-electron chi connectivity index (χ3n) is 8.08. The highest BCUT2D eigenvalue weighted by Gasteiger charge is 2.34. The molecule has 0 aliphatic carbocycles. The Hall–Kier alpha value is -2.77. The third kappa shape index (κ3) is 7.89. The van der Waals surface area contributed by atoms with Crippen LogP contribution < -0.4 is 20.7 Å². The lowest BCUT2D eigenvalue weighted by Crippen LogP contribution is -2.52. The molecule has 238 valence electrons. The molecule has 0 radical (unpaired) electrons. The molecule has 6 nitrogen and oxygen atoms in total. The van der Waals surface area contributed by atoms with Crippen LogP contribution in [0, 0.1) is 11.8 Å². The average molecular weight is 655 g/mol. The lowest BCUT2D eigenvalue weighted by Gasteiger charge is -2.41. The molecule has 0 saturated carbocycles. The van der Waals surface area contributed by atoms with Crippen LogP contribution in [0.1, 0.15) is 33.8 Å². The van der Waals surface area contributed by atoms with Crippen molar-refractivity contribution < 1.29 is 35.7 Å². The van der Waals surface area contributed by atoms with Crippen molar-refractivity contribution in [2.24, 2.45) is 0 Å². The van der Waals surface area contributed by atoms with Crippen molar-refractivity contribution in [2.75, 3.05) is 63.8 Å². The summed E-state index contributed by atoms with van der Waals surface area (Å²) in [5.41, 5.74) is 0.914. The minimum absolute atomic E-state index is 0.0340. The number of halogens is 4. The molecule has 2 aromatic carbocycles. The summed E-state index contributed by atoms with van der Waals surface area (Å²) < 4.78 is 103. The van der Waals surface area contributed by atoms with Crippen LogP contribution in [0.5, 0.6) is 5.75 Å². The van der Waals surface area contributed by atoms with Crippen molar-refractivity contribution in [3.05, 3.63) is 46.8 Å². The first-order valence-electron chi connectivity index (χ1n) is 16.0. The van der Waals surface area contributed by atoms with Gasteiger partial charge in [-0.15, -0.1) is 11.3 Å². The van der Waals surface area contributed by atoms with Crippen molar-refractivity contribution in [3.63, 3.8) is 0 Å². The Morgan fingerprint density at radius 2 is 1.98 bits per heavy atom. The summed E-state index contributed by atoms with van der Waals surface area (Å²) in [6.07, 6.45) is -4.47. The van der Waals surface area contributed by atoms with Crippen molar-refractivity contribution in [3.8, 4) is 17.6 Å². The number of methoxy groups -OCH3 is 1. The van der Waals surface area contributed by atoms with E-state index in [4.69, 9.17) is 13.6 Å². The van der Waals surface area contributed by atoms with E-state index in [0.717, 1.165) is 30.7 Å². The monoisotopic (exact) mass is 654 g/mol. The van der Waals surface area contributed by atoms with Gasteiger partial charge in [0.1, 0.15) is 19.1 Å². The molecular weight excluding hydrogens is 613 g/mol. The number of hydrogen-bond acceptors (Lipinski definition) is 7. The van der Waals surface area contributed by atoms with Gasteiger partial charge in [0.25, 0.3) is 0 Å². The molecule has 2 aliphatic heterocycles. The standard InChI is InChI=1S/C32H38F4N3O3PS/c1-41-29-18-22(43(2,3)40)9-10-27(29)37-14-5-8-30-24(19-32(34,35)36)23-6-4-7-28(31(23)44-30)38-26-11-15-39(20-25(26)33)21-12-16-42-17-13-21/h4,6-7,9-10,18,21,25-26,37-38H,11-17,19-20H2,1-3H3/t25-,26+/m1/s1/i1D3. The van der Waals surface area contributed by atoms with E-state index in [1.807, 2.05) is 0 Å². The molecule has 3 aromatic rings. The molecule has 0 amide bonds. The van der Waals surface area contributed by atoms with Gasteiger partial charge < -0.3 is 24.7 Å². The fourth-order valence-corrected chi connectivity index (χ4v) is 7.81. The predicted molar refractivity (Wildman–Crippen MR) is 171 cm³/mol. The Kier molecular flexibility index (Phi) is 8.93. The van der Waals surface area contributed by atoms with Crippen molar-refractivity contribution in [1.82, 2.24) is 4.90 Å². The molecule has 2 N–H and O–H groups in total. The minimum atomic E-state index is -4.48. The number of fused-ring (bicyclic) bond motifs is 1. The summed E-state index contributed by atoms with van der Waals surface area (Å²) >= 11 is 1.13. The second-order valence-electron chi connectivity index (χ2n) is 11.6. The van der Waals surface area contributed by atoms with E-state index in [0.29, 0.717) is 53.3 Å². The normalized spacial score (nSPS) is 21.5. The summed E-state index contributed by atoms with van der Waals surface area (Å²) in [5, 5.41) is 7.10. The van der Waals surface area contributed by atoms with Crippen molar-refractivity contribution in [2.45, 2.75) is 50.1 Å². The summed E-state index contributed by atoms with van der Waals surface area (Å²) in [4.78, 5) is 2.42. The first-order valence-corrected chi connectivity index (χ1v) is 17.9. The smallest absolute Gasteiger partial charge is 0.393 e. The number of piperidine rings is 1. The second-order valence-corrected chi connectivity index (χ2v) is 15.8. The Bertz CT molecular complexity index is 1680. The molecule has 2 fully saturated rings. The Balaban J connectivity index is 1.36. The van der Waals surface area contributed by atoms with Gasteiger partial charge in [0.15, 0.2) is 0 Å². The number of alkyl halides is 4. The van der Waals surface area contributed by atoms with Crippen LogP contribution in [-0.2, 0) is 15.7 Å². The molecule has 2 aliphatic rings. The summed E-state index contributed by atoms with van der Waals surface area (Å²) in [6, 6.07) is 9.42. The summed E-state index contributed by atoms with van der Waals surface area (Å²) in [7, 11) is -5.47. The number of nitrogens with zero attached hydrogens (tertiary/aromatic N) is 1. The number of likely N-dealkylation sites (tertiary alicyclic amines) is 1. The van der Waals surface area contributed by atoms with Gasteiger partial charge in [0, 0.05) is 37.6 Å². The van der Waals surface area contributed by atoms with Gasteiger partial charge in [-0.3, -0.25) is 4.90 Å². The molecule has 0 spiro atoms. The maximum Gasteiger partial charge on any atom is 0.393 e. The molecule has 2 saturated heterocycles. The zero-order valence-corrected chi connectivity index (χ0v) is 26.3. The molecule has 2 atom stereocenters. The molecule has 12 heteroatoms.